The van der Waals surface area contributed by atoms with Gasteiger partial charge in [0.25, 0.3) is 0 Å². The fraction of sp³-hybridized carbons (Fsp3) is 0.600. The number of rotatable bonds is 3. The Kier molecular flexibility index (Phi) is 5.00. The molecule has 0 spiro atoms. The summed E-state index contributed by atoms with van der Waals surface area (Å²) in [5.41, 5.74) is 2.78. The zero-order chi connectivity index (χ0) is 14.7. The fourth-order valence-electron chi connectivity index (χ4n) is 2.70. The number of carbonyl (C=O) groups is 1. The molecule has 1 aromatic rings. The molecular formula is C15H21ClN2O2. The summed E-state index contributed by atoms with van der Waals surface area (Å²) in [6, 6.07) is 0.187. The lowest BCUT2D eigenvalue weighted by molar-refractivity contribution is -0.119. The minimum absolute atomic E-state index is 0.130. The molecule has 1 fully saturated rings. The number of aryl methyl sites for hydroxylation is 1. The molecule has 20 heavy (non-hydrogen) atoms. The number of aromatic nitrogens is 1. The number of amides is 1. The van der Waals surface area contributed by atoms with Crippen LogP contribution in [0.3, 0.4) is 0 Å². The van der Waals surface area contributed by atoms with Crippen LogP contribution < -0.4 is 4.90 Å². The van der Waals surface area contributed by atoms with Gasteiger partial charge in [-0.15, -0.1) is 0 Å². The lowest BCUT2D eigenvalue weighted by atomic mass is 10.0. The highest BCUT2D eigenvalue weighted by atomic mass is 35.5. The number of pyridine rings is 1. The third kappa shape index (κ3) is 2.96. The molecule has 0 bridgehead atoms. The summed E-state index contributed by atoms with van der Waals surface area (Å²) in [4.78, 5) is 18.5. The van der Waals surface area contributed by atoms with Crippen molar-refractivity contribution in [3.63, 3.8) is 0 Å². The van der Waals surface area contributed by atoms with Gasteiger partial charge >= 0.3 is 0 Å². The van der Waals surface area contributed by atoms with Crippen molar-refractivity contribution in [1.82, 2.24) is 4.98 Å². The largest absolute Gasteiger partial charge is 0.381 e. The molecule has 5 heteroatoms. The van der Waals surface area contributed by atoms with Crippen LogP contribution in [0.5, 0.6) is 0 Å². The first-order chi connectivity index (χ1) is 9.56. The number of hydrogen-bond acceptors (Lipinski definition) is 3. The van der Waals surface area contributed by atoms with Gasteiger partial charge in [-0.25, -0.2) is 4.98 Å². The van der Waals surface area contributed by atoms with Crippen LogP contribution in [0.2, 0.25) is 5.15 Å². The predicted octanol–water partition coefficient (Wildman–Crippen LogP) is 3.27. The molecule has 2 rings (SSSR count). The average molecular weight is 297 g/mol. The minimum Gasteiger partial charge on any atom is -0.381 e. The smallest absolute Gasteiger partial charge is 0.226 e. The fourth-order valence-corrected chi connectivity index (χ4v) is 2.84. The van der Waals surface area contributed by atoms with Crippen LogP contribution in [-0.4, -0.2) is 30.1 Å². The monoisotopic (exact) mass is 296 g/mol. The molecule has 0 aliphatic carbocycles. The van der Waals surface area contributed by atoms with Crippen molar-refractivity contribution in [1.29, 1.82) is 0 Å². The van der Waals surface area contributed by atoms with Gasteiger partial charge in [-0.3, -0.25) is 4.79 Å². The van der Waals surface area contributed by atoms with Crippen LogP contribution >= 0.6 is 11.6 Å². The summed E-state index contributed by atoms with van der Waals surface area (Å²) in [6.45, 7) is 7.19. The van der Waals surface area contributed by atoms with Crippen molar-refractivity contribution in [2.45, 2.75) is 46.1 Å². The molecular weight excluding hydrogens is 276 g/mol. The average Bonchev–Trinajstić information content (AvgIpc) is 2.48. The van der Waals surface area contributed by atoms with E-state index in [1.165, 1.54) is 0 Å². The second-order valence-corrected chi connectivity index (χ2v) is 5.52. The number of ether oxygens (including phenoxy) is 1. The zero-order valence-corrected chi connectivity index (χ0v) is 13.0. The molecule has 2 heterocycles. The van der Waals surface area contributed by atoms with Crippen LogP contribution in [0, 0.1) is 13.8 Å². The van der Waals surface area contributed by atoms with Crippen molar-refractivity contribution < 1.29 is 9.53 Å². The first kappa shape index (κ1) is 15.3. The Morgan fingerprint density at radius 1 is 1.45 bits per heavy atom. The van der Waals surface area contributed by atoms with E-state index >= 15 is 0 Å². The van der Waals surface area contributed by atoms with Crippen LogP contribution in [0.15, 0.2) is 6.20 Å². The number of nitrogens with zero attached hydrogens (tertiary/aromatic N) is 2. The maximum atomic E-state index is 12.4. The molecule has 4 nitrogen and oxygen atoms in total. The first-order valence-corrected chi connectivity index (χ1v) is 7.45. The summed E-state index contributed by atoms with van der Waals surface area (Å²) in [7, 11) is 0. The lowest BCUT2D eigenvalue weighted by Gasteiger charge is -2.36. The predicted molar refractivity (Wildman–Crippen MR) is 80.3 cm³/mol. The summed E-state index contributed by atoms with van der Waals surface area (Å²) < 4.78 is 5.41. The van der Waals surface area contributed by atoms with E-state index in [1.54, 1.807) is 6.20 Å². The van der Waals surface area contributed by atoms with Gasteiger partial charge in [-0.05, 0) is 32.3 Å². The topological polar surface area (TPSA) is 42.4 Å². The standard InChI is InChI=1S/C15H21ClN2O2/c1-4-13(19)18(12-5-7-20-8-6-12)14-10(2)9-17-15(16)11(14)3/h9,12H,4-8H2,1-3H3. The van der Waals surface area contributed by atoms with Gasteiger partial charge in [0.2, 0.25) is 5.91 Å². The van der Waals surface area contributed by atoms with Gasteiger partial charge in [0, 0.05) is 37.4 Å². The highest BCUT2D eigenvalue weighted by Crippen LogP contribution is 2.32. The van der Waals surface area contributed by atoms with E-state index in [9.17, 15) is 4.79 Å². The van der Waals surface area contributed by atoms with Crippen molar-refractivity contribution in [2.24, 2.45) is 0 Å². The molecule has 1 amide bonds. The molecule has 1 aliphatic heterocycles. The molecule has 0 unspecified atom stereocenters. The van der Waals surface area contributed by atoms with E-state index in [-0.39, 0.29) is 11.9 Å². The molecule has 0 aromatic carbocycles. The van der Waals surface area contributed by atoms with Gasteiger partial charge in [-0.1, -0.05) is 18.5 Å². The minimum atomic E-state index is 0.130. The number of hydrogen-bond donors (Lipinski definition) is 0. The third-order valence-corrected chi connectivity index (χ3v) is 4.16. The van der Waals surface area contributed by atoms with Gasteiger partial charge < -0.3 is 9.64 Å². The maximum absolute atomic E-state index is 12.4. The molecule has 110 valence electrons. The summed E-state index contributed by atoms with van der Waals surface area (Å²) in [6.07, 6.45) is 3.95. The van der Waals surface area contributed by atoms with E-state index in [0.29, 0.717) is 24.8 Å². The lowest BCUT2D eigenvalue weighted by Crippen LogP contribution is -2.44. The van der Waals surface area contributed by atoms with E-state index in [1.807, 2.05) is 25.7 Å². The first-order valence-electron chi connectivity index (χ1n) is 7.07. The van der Waals surface area contributed by atoms with Crippen molar-refractivity contribution in [2.75, 3.05) is 18.1 Å². The normalized spacial score (nSPS) is 16.2. The number of carbonyl (C=O) groups excluding carboxylic acids is 1. The van der Waals surface area contributed by atoms with Crippen molar-refractivity contribution in [3.05, 3.63) is 22.5 Å². The van der Waals surface area contributed by atoms with Crippen LogP contribution in [-0.2, 0) is 9.53 Å². The Labute approximate surface area is 125 Å². The summed E-state index contributed by atoms with van der Waals surface area (Å²) >= 11 is 6.14. The second kappa shape index (κ2) is 6.55. The van der Waals surface area contributed by atoms with Gasteiger partial charge in [-0.2, -0.15) is 0 Å². The van der Waals surface area contributed by atoms with Crippen LogP contribution in [0.4, 0.5) is 5.69 Å². The Morgan fingerprint density at radius 2 is 2.10 bits per heavy atom. The quantitative estimate of drug-likeness (QED) is 0.804. The Balaban J connectivity index is 2.46. The summed E-state index contributed by atoms with van der Waals surface area (Å²) in [5.74, 6) is 0.130. The van der Waals surface area contributed by atoms with E-state index < -0.39 is 0 Å². The third-order valence-electron chi connectivity index (χ3n) is 3.78. The van der Waals surface area contributed by atoms with Gasteiger partial charge in [0.1, 0.15) is 5.15 Å². The Hall–Kier alpha value is -1.13. The molecule has 0 saturated carbocycles. The number of anilines is 1. The zero-order valence-electron chi connectivity index (χ0n) is 12.3. The Bertz CT molecular complexity index is 499. The van der Waals surface area contributed by atoms with Gasteiger partial charge in [0.15, 0.2) is 0 Å². The molecule has 0 atom stereocenters. The van der Waals surface area contributed by atoms with Crippen molar-refractivity contribution >= 4 is 23.2 Å². The SMILES string of the molecule is CCC(=O)N(c1c(C)cnc(Cl)c1C)C1CCOCC1. The van der Waals surface area contributed by atoms with E-state index in [0.717, 1.165) is 29.7 Å². The highest BCUT2D eigenvalue weighted by molar-refractivity contribution is 6.30. The van der Waals surface area contributed by atoms with E-state index in [4.69, 9.17) is 16.3 Å². The molecule has 0 N–H and O–H groups in total. The summed E-state index contributed by atoms with van der Waals surface area (Å²) in [5, 5.41) is 0.464. The second-order valence-electron chi connectivity index (χ2n) is 5.17. The number of halogens is 1. The molecule has 0 radical (unpaired) electrons. The van der Waals surface area contributed by atoms with Crippen molar-refractivity contribution in [3.8, 4) is 0 Å². The van der Waals surface area contributed by atoms with Gasteiger partial charge in [0.05, 0.1) is 5.69 Å². The molecule has 1 aliphatic rings. The Morgan fingerprint density at radius 3 is 2.70 bits per heavy atom. The van der Waals surface area contributed by atoms with E-state index in [2.05, 4.69) is 4.98 Å². The van der Waals surface area contributed by atoms with Crippen LogP contribution in [0.1, 0.15) is 37.3 Å². The molecule has 1 saturated heterocycles. The molecule has 1 aromatic heterocycles. The van der Waals surface area contributed by atoms with Crippen LogP contribution in [0.25, 0.3) is 0 Å². The highest BCUT2D eigenvalue weighted by Gasteiger charge is 2.29. The maximum Gasteiger partial charge on any atom is 0.226 e.